The highest BCUT2D eigenvalue weighted by Gasteiger charge is 2.36. The zero-order valence-electron chi connectivity index (χ0n) is 11.4. The maximum absolute atomic E-state index is 12.8. The van der Waals surface area contributed by atoms with Gasteiger partial charge in [-0.15, -0.1) is 0 Å². The molecule has 0 saturated heterocycles. The first-order chi connectivity index (χ1) is 9.68. The molecule has 0 bridgehead atoms. The molecule has 0 aromatic heterocycles. The molecule has 0 amide bonds. The van der Waals surface area contributed by atoms with E-state index in [0.717, 1.165) is 12.1 Å². The van der Waals surface area contributed by atoms with E-state index >= 15 is 0 Å². The lowest BCUT2D eigenvalue weighted by molar-refractivity contribution is -0.165. The number of carbonyl (C=O) groups excluding carboxylic acids is 1. The largest absolute Gasteiger partial charge is 0.454 e. The standard InChI is InChI=1S/C14H14F4N2O/c1-20(2)8-7-12(9-13(21)14(16,17)18)19-11-5-3-10(15)4-6-11/h3-9,19H,1-2H3/b8-7+,12-9+. The molecule has 114 valence electrons. The van der Waals surface area contributed by atoms with Gasteiger partial charge >= 0.3 is 6.18 Å². The van der Waals surface area contributed by atoms with E-state index in [1.165, 1.54) is 24.4 Å². The summed E-state index contributed by atoms with van der Waals surface area (Å²) in [5.41, 5.74) is 0.304. The van der Waals surface area contributed by atoms with Crippen molar-refractivity contribution in [1.29, 1.82) is 0 Å². The predicted octanol–water partition coefficient (Wildman–Crippen LogP) is 3.33. The van der Waals surface area contributed by atoms with Gasteiger partial charge in [0.1, 0.15) is 5.82 Å². The van der Waals surface area contributed by atoms with Crippen molar-refractivity contribution in [3.05, 3.63) is 54.1 Å². The molecule has 0 heterocycles. The van der Waals surface area contributed by atoms with Crippen molar-refractivity contribution >= 4 is 11.5 Å². The highest BCUT2D eigenvalue weighted by molar-refractivity contribution is 5.95. The van der Waals surface area contributed by atoms with Crippen LogP contribution in [0, 0.1) is 5.82 Å². The minimum Gasteiger partial charge on any atom is -0.383 e. The first-order valence-electron chi connectivity index (χ1n) is 5.88. The Kier molecular flexibility index (Phi) is 5.52. The molecule has 0 atom stereocenters. The van der Waals surface area contributed by atoms with Crippen molar-refractivity contribution in [3.63, 3.8) is 0 Å². The van der Waals surface area contributed by atoms with Crippen LogP contribution in [0.4, 0.5) is 23.2 Å². The Labute approximate surface area is 119 Å². The lowest BCUT2D eigenvalue weighted by Crippen LogP contribution is -2.21. The van der Waals surface area contributed by atoms with E-state index in [-0.39, 0.29) is 5.70 Å². The molecular formula is C14H14F4N2O. The van der Waals surface area contributed by atoms with Crippen LogP contribution in [-0.2, 0) is 4.79 Å². The van der Waals surface area contributed by atoms with Gasteiger partial charge in [0.15, 0.2) is 0 Å². The fourth-order valence-corrected chi connectivity index (χ4v) is 1.28. The van der Waals surface area contributed by atoms with Crippen molar-refractivity contribution in [2.75, 3.05) is 19.4 Å². The summed E-state index contributed by atoms with van der Waals surface area (Å²) >= 11 is 0. The molecule has 0 spiro atoms. The topological polar surface area (TPSA) is 32.3 Å². The summed E-state index contributed by atoms with van der Waals surface area (Å²) in [5, 5.41) is 2.62. The first-order valence-corrected chi connectivity index (χ1v) is 5.88. The minimum absolute atomic E-state index is 0.0577. The molecule has 7 heteroatoms. The van der Waals surface area contributed by atoms with Gasteiger partial charge in [0.05, 0.1) is 0 Å². The number of halogens is 4. The van der Waals surface area contributed by atoms with Gasteiger partial charge in [0.25, 0.3) is 5.78 Å². The third kappa shape index (κ3) is 6.11. The number of anilines is 1. The molecular weight excluding hydrogens is 288 g/mol. The number of nitrogens with one attached hydrogen (secondary N) is 1. The fraction of sp³-hybridized carbons (Fsp3) is 0.214. The molecule has 0 saturated carbocycles. The highest BCUT2D eigenvalue weighted by Crippen LogP contribution is 2.19. The Morgan fingerprint density at radius 1 is 1.19 bits per heavy atom. The van der Waals surface area contributed by atoms with Crippen molar-refractivity contribution in [2.24, 2.45) is 0 Å². The zero-order chi connectivity index (χ0) is 16.0. The van der Waals surface area contributed by atoms with Crippen LogP contribution in [0.1, 0.15) is 0 Å². The summed E-state index contributed by atoms with van der Waals surface area (Å²) in [4.78, 5) is 12.6. The molecule has 1 rings (SSSR count). The molecule has 1 aromatic carbocycles. The highest BCUT2D eigenvalue weighted by atomic mass is 19.4. The SMILES string of the molecule is CN(C)/C=C/C(=C\C(=O)C(F)(F)F)Nc1ccc(F)cc1. The number of rotatable bonds is 5. The zero-order valence-corrected chi connectivity index (χ0v) is 11.4. The number of hydrogen-bond acceptors (Lipinski definition) is 3. The van der Waals surface area contributed by atoms with Gasteiger partial charge in [0, 0.05) is 37.8 Å². The van der Waals surface area contributed by atoms with Crippen LogP contribution >= 0.6 is 0 Å². The van der Waals surface area contributed by atoms with E-state index in [0.29, 0.717) is 11.8 Å². The third-order valence-electron chi connectivity index (χ3n) is 2.25. The maximum Gasteiger partial charge on any atom is 0.454 e. The average Bonchev–Trinajstić information content (AvgIpc) is 2.37. The molecule has 3 nitrogen and oxygen atoms in total. The Morgan fingerprint density at radius 3 is 2.24 bits per heavy atom. The predicted molar refractivity (Wildman–Crippen MR) is 72.0 cm³/mol. The van der Waals surface area contributed by atoms with E-state index in [9.17, 15) is 22.4 Å². The summed E-state index contributed by atoms with van der Waals surface area (Å²) in [6, 6.07) is 5.01. The molecule has 0 radical (unpaired) electrons. The Balaban J connectivity index is 3.00. The number of alkyl halides is 3. The first kappa shape index (κ1) is 16.7. The quantitative estimate of drug-likeness (QED) is 0.514. The third-order valence-corrected chi connectivity index (χ3v) is 2.25. The van der Waals surface area contributed by atoms with Crippen LogP contribution in [-0.4, -0.2) is 31.0 Å². The summed E-state index contributed by atoms with van der Waals surface area (Å²) in [5.74, 6) is -2.45. The summed E-state index contributed by atoms with van der Waals surface area (Å²) < 4.78 is 49.7. The number of hydrogen-bond donors (Lipinski definition) is 1. The van der Waals surface area contributed by atoms with E-state index in [1.807, 2.05) is 0 Å². The number of allylic oxidation sites excluding steroid dienone is 2. The van der Waals surface area contributed by atoms with E-state index in [1.54, 1.807) is 19.0 Å². The second-order valence-electron chi connectivity index (χ2n) is 4.37. The number of carbonyl (C=O) groups is 1. The van der Waals surface area contributed by atoms with Crippen molar-refractivity contribution < 1.29 is 22.4 Å². The van der Waals surface area contributed by atoms with Crippen LogP contribution < -0.4 is 5.32 Å². The molecule has 0 fully saturated rings. The summed E-state index contributed by atoms with van der Waals surface area (Å²) in [7, 11) is 3.36. The van der Waals surface area contributed by atoms with E-state index in [4.69, 9.17) is 0 Å². The number of benzene rings is 1. The van der Waals surface area contributed by atoms with Crippen LogP contribution in [0.5, 0.6) is 0 Å². The normalized spacial score (nSPS) is 12.6. The van der Waals surface area contributed by atoms with Gasteiger partial charge in [-0.3, -0.25) is 4.79 Å². The van der Waals surface area contributed by atoms with Gasteiger partial charge in [-0.25, -0.2) is 4.39 Å². The van der Waals surface area contributed by atoms with Gasteiger partial charge in [-0.1, -0.05) is 0 Å². The Hall–Kier alpha value is -2.31. The van der Waals surface area contributed by atoms with E-state index < -0.39 is 17.8 Å². The number of ketones is 1. The smallest absolute Gasteiger partial charge is 0.383 e. The van der Waals surface area contributed by atoms with E-state index in [2.05, 4.69) is 5.32 Å². The summed E-state index contributed by atoms with van der Waals surface area (Å²) in [6.07, 6.45) is -1.70. The minimum atomic E-state index is -4.94. The second-order valence-corrected chi connectivity index (χ2v) is 4.37. The molecule has 1 aromatic rings. The van der Waals surface area contributed by atoms with Gasteiger partial charge in [-0.05, 0) is 30.3 Å². The van der Waals surface area contributed by atoms with Crippen LogP contribution in [0.25, 0.3) is 0 Å². The molecule has 21 heavy (non-hydrogen) atoms. The van der Waals surface area contributed by atoms with Gasteiger partial charge in [0.2, 0.25) is 0 Å². The van der Waals surface area contributed by atoms with Crippen LogP contribution in [0.2, 0.25) is 0 Å². The maximum atomic E-state index is 12.8. The fourth-order valence-electron chi connectivity index (χ4n) is 1.28. The molecule has 0 aliphatic heterocycles. The number of nitrogens with zero attached hydrogens (tertiary/aromatic N) is 1. The molecule has 0 aliphatic rings. The van der Waals surface area contributed by atoms with Gasteiger partial charge in [-0.2, -0.15) is 13.2 Å². The van der Waals surface area contributed by atoms with Crippen molar-refractivity contribution in [2.45, 2.75) is 6.18 Å². The molecule has 1 N–H and O–H groups in total. The molecule has 0 aliphatic carbocycles. The summed E-state index contributed by atoms with van der Waals surface area (Å²) in [6.45, 7) is 0. The Morgan fingerprint density at radius 2 is 1.76 bits per heavy atom. The van der Waals surface area contributed by atoms with Crippen molar-refractivity contribution in [1.82, 2.24) is 4.90 Å². The second kappa shape index (κ2) is 6.92. The lowest BCUT2D eigenvalue weighted by Gasteiger charge is -2.10. The Bertz CT molecular complexity index is 545. The molecule has 0 unspecified atom stereocenters. The lowest BCUT2D eigenvalue weighted by atomic mass is 10.2. The van der Waals surface area contributed by atoms with Gasteiger partial charge < -0.3 is 10.2 Å². The van der Waals surface area contributed by atoms with Crippen molar-refractivity contribution in [3.8, 4) is 0 Å². The van der Waals surface area contributed by atoms with Crippen LogP contribution in [0.15, 0.2) is 48.3 Å². The monoisotopic (exact) mass is 302 g/mol. The van der Waals surface area contributed by atoms with Crippen LogP contribution in [0.3, 0.4) is 0 Å². The average molecular weight is 302 g/mol.